The van der Waals surface area contributed by atoms with E-state index in [1.807, 2.05) is 4.72 Å². The molecule has 18 heteroatoms. The Bertz CT molecular complexity index is 1740. The number of alkyl halides is 6. The van der Waals surface area contributed by atoms with Crippen LogP contribution in [0.3, 0.4) is 0 Å². The number of nitrogens with one attached hydrogen (secondary N) is 1. The maximum atomic E-state index is 14.2. The number of sulfonamides is 1. The van der Waals surface area contributed by atoms with Crippen molar-refractivity contribution >= 4 is 25.7 Å². The topological polar surface area (TPSA) is 117 Å². The molecule has 2 aromatic heterocycles. The van der Waals surface area contributed by atoms with Crippen LogP contribution >= 0.6 is 0 Å². The van der Waals surface area contributed by atoms with Crippen molar-refractivity contribution < 1.29 is 57.0 Å². The number of ether oxygens (including phenoxy) is 2. The molecule has 0 amide bonds. The van der Waals surface area contributed by atoms with Crippen LogP contribution in [0.4, 0.5) is 36.4 Å². The first-order valence-corrected chi connectivity index (χ1v) is 14.7. The Labute approximate surface area is 235 Å². The molecule has 2 heterocycles. The molecule has 0 radical (unpaired) electrons. The summed E-state index contributed by atoms with van der Waals surface area (Å²) in [4.78, 5) is 1.82. The number of pyridine rings is 1. The van der Waals surface area contributed by atoms with E-state index >= 15 is 0 Å². The summed E-state index contributed by atoms with van der Waals surface area (Å²) in [6.45, 7) is 1.66. The fourth-order valence-electron chi connectivity index (χ4n) is 4.58. The third-order valence-electron chi connectivity index (χ3n) is 6.80. The first kappa shape index (κ1) is 31.6. The van der Waals surface area contributed by atoms with Crippen molar-refractivity contribution in [2.24, 2.45) is 0 Å². The molecule has 1 aliphatic carbocycles. The van der Waals surface area contributed by atoms with Gasteiger partial charge in [-0.05, 0) is 37.5 Å². The number of nitrogens with zero attached hydrogens (tertiary/aromatic N) is 2. The predicted molar refractivity (Wildman–Crippen MR) is 133 cm³/mol. The number of aromatic nitrogens is 2. The number of hydrogen-bond acceptors (Lipinski definition) is 7. The van der Waals surface area contributed by atoms with Gasteiger partial charge in [-0.2, -0.15) is 26.3 Å². The van der Waals surface area contributed by atoms with Crippen LogP contribution in [-0.2, 0) is 43.8 Å². The Morgan fingerprint density at radius 1 is 1.02 bits per heavy atom. The maximum absolute atomic E-state index is 14.2. The Morgan fingerprint density at radius 3 is 2.17 bits per heavy atom. The fourth-order valence-corrected chi connectivity index (χ4v) is 7.39. The van der Waals surface area contributed by atoms with Crippen LogP contribution in [-0.4, -0.2) is 51.8 Å². The van der Waals surface area contributed by atoms with Crippen LogP contribution in [0.5, 0.6) is 5.88 Å². The number of methoxy groups -OCH3 is 2. The Balaban J connectivity index is 1.91. The van der Waals surface area contributed by atoms with Crippen molar-refractivity contribution in [1.82, 2.24) is 8.96 Å². The molecular weight excluding hydrogens is 623 g/mol. The maximum Gasteiger partial charge on any atom is 0.436 e. The molecule has 0 spiro atoms. The molecule has 4 rings (SSSR count). The number of anilines is 1. The number of halogens is 7. The third kappa shape index (κ3) is 5.42. The summed E-state index contributed by atoms with van der Waals surface area (Å²) in [5, 5.41) is 0. The molecule has 0 saturated carbocycles. The molecule has 1 aromatic carbocycles. The van der Waals surface area contributed by atoms with E-state index in [0.29, 0.717) is 15.7 Å². The van der Waals surface area contributed by atoms with Crippen LogP contribution < -0.4 is 9.46 Å². The van der Waals surface area contributed by atoms with Gasteiger partial charge in [0.2, 0.25) is 5.88 Å². The Morgan fingerprint density at radius 2 is 1.64 bits per heavy atom. The first-order valence-electron chi connectivity index (χ1n) is 11.8. The van der Waals surface area contributed by atoms with Crippen molar-refractivity contribution in [2.45, 2.75) is 53.9 Å². The number of aryl methyl sites for hydroxylation is 1. The van der Waals surface area contributed by atoms with E-state index in [-0.39, 0.29) is 16.5 Å². The van der Waals surface area contributed by atoms with Gasteiger partial charge in [-0.25, -0.2) is 30.2 Å². The van der Waals surface area contributed by atoms with Crippen LogP contribution in [0.2, 0.25) is 0 Å². The number of rotatable bonds is 7. The minimum Gasteiger partial charge on any atom is -0.479 e. The van der Waals surface area contributed by atoms with Gasteiger partial charge in [0.15, 0.2) is 17.1 Å². The van der Waals surface area contributed by atoms with Gasteiger partial charge in [-0.15, -0.1) is 0 Å². The van der Waals surface area contributed by atoms with Crippen molar-refractivity contribution in [3.8, 4) is 5.88 Å². The largest absolute Gasteiger partial charge is 0.479 e. The van der Waals surface area contributed by atoms with Gasteiger partial charge >= 0.3 is 12.4 Å². The molecule has 1 unspecified atom stereocenters. The average Bonchev–Trinajstić information content (AvgIpc) is 3.28. The highest BCUT2D eigenvalue weighted by molar-refractivity contribution is 7.93. The summed E-state index contributed by atoms with van der Waals surface area (Å²) in [7, 11) is -8.03. The molecule has 3 aromatic rings. The highest BCUT2D eigenvalue weighted by Gasteiger charge is 2.58. The standard InChI is InChI=1S/C24H22F7N3O6S2/c1-13-4-6-14(7-5-13)42(37,38)34-12-19(15-8-9-22(40-3,11-18(15)34)24(29,30)31)41(35,36)33-17-10-16(25)20(23(26,27)28)32-21(17)39-2/h4-7,10,12,33H,8-9,11H2,1-3H3. The molecular formula is C24H22F7N3O6S2. The minimum atomic E-state index is -5.25. The summed E-state index contributed by atoms with van der Waals surface area (Å²) in [5.41, 5.74) is -5.89. The summed E-state index contributed by atoms with van der Waals surface area (Å²) >= 11 is 0. The molecule has 1 N–H and O–H groups in total. The second kappa shape index (κ2) is 10.4. The second-order valence-corrected chi connectivity index (χ2v) is 12.9. The number of benzene rings is 1. The van der Waals surface area contributed by atoms with Gasteiger partial charge < -0.3 is 9.47 Å². The zero-order valence-corrected chi connectivity index (χ0v) is 23.5. The summed E-state index contributed by atoms with van der Waals surface area (Å²) in [6, 6.07) is 5.38. The van der Waals surface area contributed by atoms with Gasteiger partial charge in [0, 0.05) is 31.5 Å². The molecule has 230 valence electrons. The van der Waals surface area contributed by atoms with Crippen molar-refractivity contribution in [2.75, 3.05) is 18.9 Å². The second-order valence-electron chi connectivity index (χ2n) is 9.38. The van der Waals surface area contributed by atoms with Gasteiger partial charge in [0.25, 0.3) is 20.0 Å². The van der Waals surface area contributed by atoms with E-state index in [1.54, 1.807) is 6.92 Å². The summed E-state index contributed by atoms with van der Waals surface area (Å²) in [5.74, 6) is -2.92. The van der Waals surface area contributed by atoms with Crippen molar-refractivity contribution in [3.63, 3.8) is 0 Å². The number of hydrogen-bond donors (Lipinski definition) is 1. The smallest absolute Gasteiger partial charge is 0.436 e. The lowest BCUT2D eigenvalue weighted by atomic mass is 9.83. The van der Waals surface area contributed by atoms with Gasteiger partial charge in [-0.3, -0.25) is 4.72 Å². The highest BCUT2D eigenvalue weighted by Crippen LogP contribution is 2.46. The first-order chi connectivity index (χ1) is 19.3. The molecule has 1 atom stereocenters. The molecule has 1 aliphatic rings. The van der Waals surface area contributed by atoms with Gasteiger partial charge in [0.05, 0.1) is 12.0 Å². The zero-order valence-electron chi connectivity index (χ0n) is 21.9. The highest BCUT2D eigenvalue weighted by atomic mass is 32.2. The van der Waals surface area contributed by atoms with E-state index in [0.717, 1.165) is 14.2 Å². The molecule has 0 fully saturated rings. The van der Waals surface area contributed by atoms with E-state index in [2.05, 4.69) is 9.72 Å². The average molecular weight is 646 g/mol. The normalized spacial score (nSPS) is 18.0. The van der Waals surface area contributed by atoms with Crippen LogP contribution in [0.15, 0.2) is 46.3 Å². The Kier molecular flexibility index (Phi) is 7.82. The minimum absolute atomic E-state index is 0.165. The predicted octanol–water partition coefficient (Wildman–Crippen LogP) is 4.83. The summed E-state index contributed by atoms with van der Waals surface area (Å²) in [6.07, 6.45) is -12.1. The molecule has 0 saturated heterocycles. The van der Waals surface area contributed by atoms with E-state index in [9.17, 15) is 47.6 Å². The van der Waals surface area contributed by atoms with Crippen LogP contribution in [0.1, 0.15) is 28.9 Å². The lowest BCUT2D eigenvalue weighted by Gasteiger charge is -2.38. The number of fused-ring (bicyclic) bond motifs is 1. The Hall–Kier alpha value is -3.38. The molecule has 0 bridgehead atoms. The summed E-state index contributed by atoms with van der Waals surface area (Å²) < 4.78 is 162. The van der Waals surface area contributed by atoms with E-state index in [1.165, 1.54) is 24.3 Å². The van der Waals surface area contributed by atoms with E-state index in [4.69, 9.17) is 4.74 Å². The SMILES string of the molecule is COc1nc(C(F)(F)F)c(F)cc1NS(=O)(=O)c1cn(S(=O)(=O)c2ccc(C)cc2)c2c1CCC(OC)(C(F)(F)F)C2. The van der Waals surface area contributed by atoms with Crippen molar-refractivity contribution in [1.29, 1.82) is 0 Å². The molecule has 9 nitrogen and oxygen atoms in total. The molecule has 0 aliphatic heterocycles. The lowest BCUT2D eigenvalue weighted by molar-refractivity contribution is -0.273. The molecule has 42 heavy (non-hydrogen) atoms. The van der Waals surface area contributed by atoms with Crippen molar-refractivity contribution in [3.05, 3.63) is 64.9 Å². The van der Waals surface area contributed by atoms with Gasteiger partial charge in [-0.1, -0.05) is 17.7 Å². The van der Waals surface area contributed by atoms with Crippen LogP contribution in [0.25, 0.3) is 0 Å². The lowest BCUT2D eigenvalue weighted by Crippen LogP contribution is -2.51. The monoisotopic (exact) mass is 645 g/mol. The van der Waals surface area contributed by atoms with Gasteiger partial charge in [0.1, 0.15) is 10.6 Å². The van der Waals surface area contributed by atoms with Crippen LogP contribution in [0, 0.1) is 12.7 Å². The quantitative estimate of drug-likeness (QED) is 0.366. The zero-order chi connectivity index (χ0) is 31.5. The van der Waals surface area contributed by atoms with E-state index < -0.39 is 90.9 Å². The third-order valence-corrected chi connectivity index (χ3v) is 9.93. The fraction of sp³-hybridized carbons (Fsp3) is 0.375.